The largest absolute Gasteiger partial charge is 0.396 e. The zero-order chi connectivity index (χ0) is 12.3. The molecule has 0 radical (unpaired) electrons. The average Bonchev–Trinajstić information content (AvgIpc) is 2.72. The highest BCUT2D eigenvalue weighted by molar-refractivity contribution is 5.41. The van der Waals surface area contributed by atoms with Crippen molar-refractivity contribution in [2.45, 2.75) is 26.3 Å². The summed E-state index contributed by atoms with van der Waals surface area (Å²) in [6.45, 7) is 2.74. The summed E-state index contributed by atoms with van der Waals surface area (Å²) in [5, 5.41) is 0. The maximum Gasteiger partial charge on any atom is 0.146 e. The number of rotatable bonds is 4. The first-order valence-corrected chi connectivity index (χ1v) is 5.74. The zero-order valence-electron chi connectivity index (χ0n) is 9.86. The lowest BCUT2D eigenvalue weighted by atomic mass is 10.2. The van der Waals surface area contributed by atoms with E-state index in [1.807, 2.05) is 16.8 Å². The molecule has 0 unspecified atom stereocenters. The van der Waals surface area contributed by atoms with Crippen LogP contribution in [0.4, 0.5) is 10.1 Å². The summed E-state index contributed by atoms with van der Waals surface area (Å²) >= 11 is 0. The number of benzene rings is 1. The van der Waals surface area contributed by atoms with Crippen LogP contribution in [-0.4, -0.2) is 9.55 Å². The number of anilines is 1. The van der Waals surface area contributed by atoms with Crippen LogP contribution in [-0.2, 0) is 13.0 Å². The van der Waals surface area contributed by atoms with Crippen LogP contribution < -0.4 is 5.73 Å². The van der Waals surface area contributed by atoms with Crippen LogP contribution in [0.5, 0.6) is 0 Å². The SMILES string of the molecule is CCCc1nccn1Cc1ccc(N)c(F)c1. The Morgan fingerprint density at radius 1 is 1.41 bits per heavy atom. The number of nitrogens with zero attached hydrogens (tertiary/aromatic N) is 2. The minimum Gasteiger partial charge on any atom is -0.396 e. The van der Waals surface area contributed by atoms with Crippen molar-refractivity contribution in [3.05, 3.63) is 47.8 Å². The first-order valence-electron chi connectivity index (χ1n) is 5.74. The van der Waals surface area contributed by atoms with Gasteiger partial charge in [-0.15, -0.1) is 0 Å². The summed E-state index contributed by atoms with van der Waals surface area (Å²) in [4.78, 5) is 4.29. The number of halogens is 1. The third-order valence-corrected chi connectivity index (χ3v) is 2.69. The number of hydrogen-bond acceptors (Lipinski definition) is 2. The molecule has 17 heavy (non-hydrogen) atoms. The molecular formula is C13H16FN3. The van der Waals surface area contributed by atoms with Crippen molar-refractivity contribution in [2.24, 2.45) is 0 Å². The van der Waals surface area contributed by atoms with Gasteiger partial charge in [-0.2, -0.15) is 0 Å². The second-order valence-corrected chi connectivity index (χ2v) is 4.08. The van der Waals surface area contributed by atoms with E-state index in [1.54, 1.807) is 12.3 Å². The first kappa shape index (κ1) is 11.6. The Morgan fingerprint density at radius 2 is 2.24 bits per heavy atom. The van der Waals surface area contributed by atoms with Gasteiger partial charge >= 0.3 is 0 Å². The number of aromatic nitrogens is 2. The Bertz CT molecular complexity index is 505. The fourth-order valence-corrected chi connectivity index (χ4v) is 1.80. The van der Waals surface area contributed by atoms with Crippen LogP contribution in [0.1, 0.15) is 24.7 Å². The molecule has 2 N–H and O–H groups in total. The second-order valence-electron chi connectivity index (χ2n) is 4.08. The Hall–Kier alpha value is -1.84. The fraction of sp³-hybridized carbons (Fsp3) is 0.308. The summed E-state index contributed by atoms with van der Waals surface area (Å²) in [6, 6.07) is 4.92. The number of nitrogens with two attached hydrogens (primary N) is 1. The van der Waals surface area contributed by atoms with Gasteiger partial charge in [0.25, 0.3) is 0 Å². The van der Waals surface area contributed by atoms with Gasteiger partial charge < -0.3 is 10.3 Å². The molecule has 0 atom stereocenters. The highest BCUT2D eigenvalue weighted by atomic mass is 19.1. The lowest BCUT2D eigenvalue weighted by Crippen LogP contribution is -2.05. The van der Waals surface area contributed by atoms with Gasteiger partial charge in [-0.1, -0.05) is 13.0 Å². The van der Waals surface area contributed by atoms with E-state index in [0.717, 1.165) is 24.2 Å². The highest BCUT2D eigenvalue weighted by Crippen LogP contribution is 2.14. The van der Waals surface area contributed by atoms with E-state index in [4.69, 9.17) is 5.73 Å². The number of imidazole rings is 1. The first-order chi connectivity index (χ1) is 8.20. The number of hydrogen-bond donors (Lipinski definition) is 1. The van der Waals surface area contributed by atoms with Gasteiger partial charge in [0.1, 0.15) is 11.6 Å². The minimum atomic E-state index is -0.361. The van der Waals surface area contributed by atoms with E-state index in [-0.39, 0.29) is 11.5 Å². The molecular weight excluding hydrogens is 217 g/mol. The lowest BCUT2D eigenvalue weighted by Gasteiger charge is -2.08. The van der Waals surface area contributed by atoms with Crippen molar-refractivity contribution in [3.8, 4) is 0 Å². The summed E-state index contributed by atoms with van der Waals surface area (Å²) in [5.74, 6) is 0.671. The number of nitrogen functional groups attached to an aromatic ring is 1. The molecule has 1 heterocycles. The Labute approximate surface area is 100 Å². The molecule has 0 aliphatic carbocycles. The van der Waals surface area contributed by atoms with E-state index < -0.39 is 0 Å². The van der Waals surface area contributed by atoms with Crippen molar-refractivity contribution in [1.29, 1.82) is 0 Å². The van der Waals surface area contributed by atoms with Gasteiger partial charge in [0.2, 0.25) is 0 Å². The molecule has 90 valence electrons. The molecule has 0 bridgehead atoms. The molecule has 0 aliphatic rings. The molecule has 2 rings (SSSR count). The molecule has 3 nitrogen and oxygen atoms in total. The molecule has 2 aromatic rings. The van der Waals surface area contributed by atoms with Gasteiger partial charge in [-0.3, -0.25) is 0 Å². The normalized spacial score (nSPS) is 10.7. The van der Waals surface area contributed by atoms with Crippen molar-refractivity contribution in [2.75, 3.05) is 5.73 Å². The summed E-state index contributed by atoms with van der Waals surface area (Å²) in [7, 11) is 0. The quantitative estimate of drug-likeness (QED) is 0.825. The Balaban J connectivity index is 2.19. The van der Waals surface area contributed by atoms with E-state index in [2.05, 4.69) is 11.9 Å². The van der Waals surface area contributed by atoms with Gasteiger partial charge in [0.05, 0.1) is 5.69 Å². The molecule has 1 aromatic heterocycles. The Kier molecular flexibility index (Phi) is 3.42. The van der Waals surface area contributed by atoms with Gasteiger partial charge in [0.15, 0.2) is 0 Å². The van der Waals surface area contributed by atoms with Crippen molar-refractivity contribution in [3.63, 3.8) is 0 Å². The van der Waals surface area contributed by atoms with Crippen molar-refractivity contribution < 1.29 is 4.39 Å². The molecule has 4 heteroatoms. The highest BCUT2D eigenvalue weighted by Gasteiger charge is 2.04. The molecule has 0 saturated heterocycles. The van der Waals surface area contributed by atoms with Crippen molar-refractivity contribution in [1.82, 2.24) is 9.55 Å². The third kappa shape index (κ3) is 2.64. The van der Waals surface area contributed by atoms with Crippen molar-refractivity contribution >= 4 is 5.69 Å². The molecule has 0 saturated carbocycles. The van der Waals surface area contributed by atoms with Gasteiger partial charge in [0, 0.05) is 25.4 Å². The maximum atomic E-state index is 13.3. The monoisotopic (exact) mass is 233 g/mol. The fourth-order valence-electron chi connectivity index (χ4n) is 1.80. The van der Waals surface area contributed by atoms with Crippen LogP contribution in [0.25, 0.3) is 0 Å². The average molecular weight is 233 g/mol. The summed E-state index contributed by atoms with van der Waals surface area (Å²) in [5.41, 5.74) is 6.53. The van der Waals surface area contributed by atoms with Crippen LogP contribution >= 0.6 is 0 Å². The standard InChI is InChI=1S/C13H16FN3/c1-2-3-13-16-6-7-17(13)9-10-4-5-12(15)11(14)8-10/h4-8H,2-3,9,15H2,1H3. The minimum absolute atomic E-state index is 0.188. The predicted octanol–water partition coefficient (Wildman–Crippen LogP) is 2.61. The molecule has 0 fully saturated rings. The number of aryl methyl sites for hydroxylation is 1. The lowest BCUT2D eigenvalue weighted by molar-refractivity contribution is 0.626. The van der Waals surface area contributed by atoms with Crippen LogP contribution in [0.3, 0.4) is 0 Å². The van der Waals surface area contributed by atoms with Gasteiger partial charge in [-0.25, -0.2) is 9.37 Å². The van der Waals surface area contributed by atoms with Crippen LogP contribution in [0.15, 0.2) is 30.6 Å². The van der Waals surface area contributed by atoms with Crippen LogP contribution in [0, 0.1) is 5.82 Å². The molecule has 0 amide bonds. The van der Waals surface area contributed by atoms with E-state index in [9.17, 15) is 4.39 Å². The summed E-state index contributed by atoms with van der Waals surface area (Å²) < 4.78 is 15.3. The Morgan fingerprint density at radius 3 is 2.94 bits per heavy atom. The topological polar surface area (TPSA) is 43.8 Å². The molecule has 1 aromatic carbocycles. The summed E-state index contributed by atoms with van der Waals surface area (Å²) in [6.07, 6.45) is 5.68. The van der Waals surface area contributed by atoms with E-state index in [0.29, 0.717) is 6.54 Å². The maximum absolute atomic E-state index is 13.3. The van der Waals surface area contributed by atoms with Crippen LogP contribution in [0.2, 0.25) is 0 Å². The van der Waals surface area contributed by atoms with E-state index in [1.165, 1.54) is 6.07 Å². The smallest absolute Gasteiger partial charge is 0.146 e. The predicted molar refractivity (Wildman–Crippen MR) is 66.1 cm³/mol. The molecule has 0 aliphatic heterocycles. The second kappa shape index (κ2) is 4.99. The third-order valence-electron chi connectivity index (χ3n) is 2.69. The molecule has 0 spiro atoms. The van der Waals surface area contributed by atoms with Gasteiger partial charge in [-0.05, 0) is 24.1 Å². The van der Waals surface area contributed by atoms with E-state index >= 15 is 0 Å². The zero-order valence-corrected chi connectivity index (χ0v) is 9.86.